The molecule has 84 valence electrons. The van der Waals surface area contributed by atoms with E-state index in [2.05, 4.69) is 6.92 Å². The zero-order valence-corrected chi connectivity index (χ0v) is 10.6. The van der Waals surface area contributed by atoms with Gasteiger partial charge in [-0.1, -0.05) is 42.8 Å². The smallest absolute Gasteiger partial charge is 0.113 e. The Morgan fingerprint density at radius 1 is 1.31 bits per heavy atom. The van der Waals surface area contributed by atoms with Crippen LogP contribution in [-0.4, -0.2) is 5.11 Å². The van der Waals surface area contributed by atoms with Gasteiger partial charge in [-0.25, -0.2) is 0 Å². The summed E-state index contributed by atoms with van der Waals surface area (Å²) >= 11 is 7.32. The number of hydrogen-bond acceptors (Lipinski definition) is 2. The van der Waals surface area contributed by atoms with Gasteiger partial charge in [-0.3, -0.25) is 0 Å². The third-order valence-corrected chi connectivity index (χ3v) is 3.89. The fraction of sp³-hybridized carbons (Fsp3) is 0.231. The van der Waals surface area contributed by atoms with Crippen molar-refractivity contribution in [3.05, 3.63) is 56.7 Å². The van der Waals surface area contributed by atoms with Crippen LogP contribution in [0.4, 0.5) is 0 Å². The summed E-state index contributed by atoms with van der Waals surface area (Å²) in [6, 6.07) is 9.85. The molecule has 1 nitrogen and oxygen atoms in total. The molecular weight excluding hydrogens is 240 g/mol. The average molecular weight is 253 g/mol. The first kappa shape index (κ1) is 11.6. The molecule has 0 spiro atoms. The number of aliphatic hydroxyl groups is 1. The Labute approximate surface area is 104 Å². The summed E-state index contributed by atoms with van der Waals surface area (Å²) < 4.78 is 0. The topological polar surface area (TPSA) is 20.2 Å². The van der Waals surface area contributed by atoms with Crippen LogP contribution in [0.3, 0.4) is 0 Å². The number of hydrogen-bond donors (Lipinski definition) is 1. The minimum atomic E-state index is -0.566. The van der Waals surface area contributed by atoms with Gasteiger partial charge >= 0.3 is 0 Å². The van der Waals surface area contributed by atoms with Gasteiger partial charge in [0.2, 0.25) is 0 Å². The number of thiophene rings is 1. The van der Waals surface area contributed by atoms with Gasteiger partial charge in [-0.05, 0) is 23.6 Å². The highest BCUT2D eigenvalue weighted by atomic mass is 35.5. The van der Waals surface area contributed by atoms with Crippen LogP contribution >= 0.6 is 22.9 Å². The van der Waals surface area contributed by atoms with E-state index in [1.165, 1.54) is 16.9 Å². The molecule has 0 aliphatic heterocycles. The van der Waals surface area contributed by atoms with E-state index in [-0.39, 0.29) is 0 Å². The lowest BCUT2D eigenvalue weighted by atomic mass is 10.0. The van der Waals surface area contributed by atoms with E-state index in [4.69, 9.17) is 11.6 Å². The Bertz CT molecular complexity index is 461. The van der Waals surface area contributed by atoms with Crippen molar-refractivity contribution in [3.63, 3.8) is 0 Å². The Balaban J connectivity index is 2.23. The van der Waals surface area contributed by atoms with E-state index in [1.54, 1.807) is 0 Å². The standard InChI is InChI=1S/C13H13ClOS/c1-2-9-3-5-10(6-4-9)13(15)12-7-11(14)8-16-12/h3-8,13,15H,2H2,1H3. The molecule has 0 saturated carbocycles. The van der Waals surface area contributed by atoms with Crippen molar-refractivity contribution in [2.75, 3.05) is 0 Å². The van der Waals surface area contributed by atoms with Crippen molar-refractivity contribution in [1.29, 1.82) is 0 Å². The Morgan fingerprint density at radius 2 is 2.00 bits per heavy atom. The summed E-state index contributed by atoms with van der Waals surface area (Å²) in [6.45, 7) is 2.12. The zero-order valence-electron chi connectivity index (χ0n) is 8.98. The predicted octanol–water partition coefficient (Wildman–Crippen LogP) is 4.05. The van der Waals surface area contributed by atoms with Crippen LogP contribution < -0.4 is 0 Å². The van der Waals surface area contributed by atoms with Crippen LogP contribution in [0.15, 0.2) is 35.7 Å². The lowest BCUT2D eigenvalue weighted by molar-refractivity contribution is 0.224. The second kappa shape index (κ2) is 5.00. The first-order valence-corrected chi connectivity index (χ1v) is 6.47. The van der Waals surface area contributed by atoms with Crippen molar-refractivity contribution in [3.8, 4) is 0 Å². The molecule has 3 heteroatoms. The second-order valence-corrected chi connectivity index (χ2v) is 5.04. The van der Waals surface area contributed by atoms with Crippen molar-refractivity contribution < 1.29 is 5.11 Å². The fourth-order valence-electron chi connectivity index (χ4n) is 1.57. The minimum Gasteiger partial charge on any atom is -0.383 e. The summed E-state index contributed by atoms with van der Waals surface area (Å²) in [5.74, 6) is 0. The number of benzene rings is 1. The van der Waals surface area contributed by atoms with Crippen molar-refractivity contribution in [2.24, 2.45) is 0 Å². The van der Waals surface area contributed by atoms with Gasteiger partial charge in [-0.2, -0.15) is 0 Å². The molecule has 1 heterocycles. The molecule has 0 amide bonds. The molecule has 2 aromatic rings. The first-order valence-electron chi connectivity index (χ1n) is 5.21. The van der Waals surface area contributed by atoms with Gasteiger partial charge in [0.15, 0.2) is 0 Å². The number of aryl methyl sites for hydroxylation is 1. The largest absolute Gasteiger partial charge is 0.383 e. The van der Waals surface area contributed by atoms with Gasteiger partial charge < -0.3 is 5.11 Å². The molecule has 1 unspecified atom stereocenters. The number of halogens is 1. The highest BCUT2D eigenvalue weighted by Crippen LogP contribution is 2.29. The van der Waals surface area contributed by atoms with Gasteiger partial charge in [0, 0.05) is 10.3 Å². The highest BCUT2D eigenvalue weighted by Gasteiger charge is 2.12. The lowest BCUT2D eigenvalue weighted by Gasteiger charge is -2.09. The molecule has 1 atom stereocenters. The van der Waals surface area contributed by atoms with Crippen LogP contribution in [0.5, 0.6) is 0 Å². The SMILES string of the molecule is CCc1ccc(C(O)c2cc(Cl)cs2)cc1. The maximum Gasteiger partial charge on any atom is 0.113 e. The molecular formula is C13H13ClOS. The van der Waals surface area contributed by atoms with E-state index in [0.29, 0.717) is 5.02 Å². The zero-order chi connectivity index (χ0) is 11.5. The van der Waals surface area contributed by atoms with E-state index >= 15 is 0 Å². The monoisotopic (exact) mass is 252 g/mol. The number of rotatable bonds is 3. The van der Waals surface area contributed by atoms with Gasteiger partial charge in [0.1, 0.15) is 6.10 Å². The Kier molecular flexibility index (Phi) is 3.64. The summed E-state index contributed by atoms with van der Waals surface area (Å²) in [5.41, 5.74) is 2.19. The molecule has 16 heavy (non-hydrogen) atoms. The normalized spacial score (nSPS) is 12.7. The van der Waals surface area contributed by atoms with Gasteiger partial charge in [-0.15, -0.1) is 11.3 Å². The van der Waals surface area contributed by atoms with E-state index in [0.717, 1.165) is 16.9 Å². The van der Waals surface area contributed by atoms with Gasteiger partial charge in [0.05, 0.1) is 5.02 Å². The molecule has 0 radical (unpaired) electrons. The van der Waals surface area contributed by atoms with E-state index < -0.39 is 6.10 Å². The molecule has 0 aliphatic carbocycles. The maximum atomic E-state index is 10.1. The molecule has 2 rings (SSSR count). The molecule has 0 fully saturated rings. The van der Waals surface area contributed by atoms with E-state index in [9.17, 15) is 5.11 Å². The second-order valence-electron chi connectivity index (χ2n) is 3.66. The average Bonchev–Trinajstić information content (AvgIpc) is 2.75. The first-order chi connectivity index (χ1) is 7.70. The van der Waals surface area contributed by atoms with Crippen LogP contribution in [0.2, 0.25) is 5.02 Å². The molecule has 1 aromatic heterocycles. The summed E-state index contributed by atoms with van der Waals surface area (Å²) in [6.07, 6.45) is 0.449. The third kappa shape index (κ3) is 2.46. The number of aliphatic hydroxyl groups excluding tert-OH is 1. The van der Waals surface area contributed by atoms with Crippen molar-refractivity contribution >= 4 is 22.9 Å². The summed E-state index contributed by atoms with van der Waals surface area (Å²) in [7, 11) is 0. The third-order valence-electron chi connectivity index (χ3n) is 2.56. The fourth-order valence-corrected chi connectivity index (χ4v) is 2.66. The van der Waals surface area contributed by atoms with Crippen LogP contribution in [0.1, 0.15) is 29.0 Å². The van der Waals surface area contributed by atoms with Crippen LogP contribution in [0, 0.1) is 0 Å². The highest BCUT2D eigenvalue weighted by molar-refractivity contribution is 7.10. The Morgan fingerprint density at radius 3 is 2.50 bits per heavy atom. The van der Waals surface area contributed by atoms with Crippen LogP contribution in [0.25, 0.3) is 0 Å². The summed E-state index contributed by atoms with van der Waals surface area (Å²) in [5, 5.41) is 12.6. The van der Waals surface area contributed by atoms with Crippen molar-refractivity contribution in [2.45, 2.75) is 19.4 Å². The minimum absolute atomic E-state index is 0.566. The predicted molar refractivity (Wildman–Crippen MR) is 69.2 cm³/mol. The van der Waals surface area contributed by atoms with E-state index in [1.807, 2.05) is 35.7 Å². The quantitative estimate of drug-likeness (QED) is 0.874. The molecule has 1 N–H and O–H groups in total. The summed E-state index contributed by atoms with van der Waals surface area (Å²) in [4.78, 5) is 0.884. The van der Waals surface area contributed by atoms with Crippen molar-refractivity contribution in [1.82, 2.24) is 0 Å². The van der Waals surface area contributed by atoms with Gasteiger partial charge in [0.25, 0.3) is 0 Å². The lowest BCUT2D eigenvalue weighted by Crippen LogP contribution is -1.96. The molecule has 0 saturated heterocycles. The molecule has 1 aromatic carbocycles. The Hall–Kier alpha value is -0.830. The maximum absolute atomic E-state index is 10.1. The van der Waals surface area contributed by atoms with Crippen LogP contribution in [-0.2, 0) is 6.42 Å². The molecule has 0 aliphatic rings. The molecule has 0 bridgehead atoms.